The molecule has 0 aromatic heterocycles. The maximum Gasteiger partial charge on any atom is 0.416 e. The molecule has 3 aromatic rings. The molecule has 0 atom stereocenters. The number of methoxy groups -OCH3 is 1. The largest absolute Gasteiger partial charge is 0.497 e. The number of carbonyl (C=O) groups excluding carboxylic acids is 2. The van der Waals surface area contributed by atoms with Crippen LogP contribution < -0.4 is 10.1 Å². The van der Waals surface area contributed by atoms with E-state index in [9.17, 15) is 22.8 Å². The summed E-state index contributed by atoms with van der Waals surface area (Å²) in [5.74, 6) is -0.228. The van der Waals surface area contributed by atoms with Crippen LogP contribution in [0.15, 0.2) is 71.7 Å². The summed E-state index contributed by atoms with van der Waals surface area (Å²) in [5, 5.41) is 2.57. The van der Waals surface area contributed by atoms with E-state index >= 15 is 0 Å². The predicted molar refractivity (Wildman–Crippen MR) is 132 cm³/mol. The lowest BCUT2D eigenvalue weighted by Crippen LogP contribution is -2.30. The molecule has 0 saturated carbocycles. The minimum absolute atomic E-state index is 0.0502. The number of hydrogen-bond donors (Lipinski definition) is 1. The number of Topliss-reactive ketones (excluding diaryl/α,β-unsaturated/α-hetero) is 1. The number of ether oxygens (including phenoxy) is 1. The lowest BCUT2D eigenvalue weighted by Gasteiger charge is -2.29. The van der Waals surface area contributed by atoms with Crippen LogP contribution in [0.1, 0.15) is 57.7 Å². The molecule has 186 valence electrons. The third-order valence-corrected chi connectivity index (χ3v) is 5.91. The number of carbonyl (C=O) groups is 2. The average molecular weight is 495 g/mol. The molecule has 0 spiro atoms. The molecule has 4 rings (SSSR count). The number of halogens is 3. The van der Waals surface area contributed by atoms with Crippen molar-refractivity contribution in [2.24, 2.45) is 4.99 Å². The molecular weight excluding hydrogens is 469 g/mol. The van der Waals surface area contributed by atoms with Crippen molar-refractivity contribution in [3.8, 4) is 5.75 Å². The van der Waals surface area contributed by atoms with E-state index in [1.165, 1.54) is 18.2 Å². The molecule has 0 radical (unpaired) electrons. The van der Waals surface area contributed by atoms with E-state index < -0.39 is 17.6 Å². The van der Waals surface area contributed by atoms with Gasteiger partial charge in [0.05, 0.1) is 30.3 Å². The standard InChI is InChI=1S/C28H25F3N2O3/c1-27(2)16-19-10-11-22(36-3)14-23(19)24(33-27)15-25(34)17-6-5-9-21(13-17)32-26(35)18-7-4-8-20(12-18)28(29,30)31/h4-14H,15-16H2,1-3H3,(H,32,35). The van der Waals surface area contributed by atoms with Gasteiger partial charge in [0.2, 0.25) is 0 Å². The zero-order chi connectivity index (χ0) is 26.1. The lowest BCUT2D eigenvalue weighted by molar-refractivity contribution is -0.137. The predicted octanol–water partition coefficient (Wildman–Crippen LogP) is 6.36. The van der Waals surface area contributed by atoms with Crippen molar-refractivity contribution in [2.45, 2.75) is 38.4 Å². The van der Waals surface area contributed by atoms with Crippen molar-refractivity contribution in [1.29, 1.82) is 0 Å². The molecule has 1 aliphatic heterocycles. The Labute approximate surface area is 207 Å². The molecule has 5 nitrogen and oxygen atoms in total. The van der Waals surface area contributed by atoms with Crippen LogP contribution in [-0.2, 0) is 12.6 Å². The fourth-order valence-corrected chi connectivity index (χ4v) is 4.24. The molecule has 0 bridgehead atoms. The number of nitrogens with one attached hydrogen (secondary N) is 1. The summed E-state index contributed by atoms with van der Waals surface area (Å²) in [5.41, 5.74) is 1.86. The summed E-state index contributed by atoms with van der Waals surface area (Å²) in [7, 11) is 1.58. The van der Waals surface area contributed by atoms with E-state index in [1.54, 1.807) is 25.3 Å². The number of aliphatic imine (C=N–C) groups is 1. The Bertz CT molecular complexity index is 1360. The Morgan fingerprint density at radius 3 is 2.44 bits per heavy atom. The normalized spacial score (nSPS) is 14.4. The third kappa shape index (κ3) is 5.64. The van der Waals surface area contributed by atoms with Crippen LogP contribution in [-0.4, -0.2) is 30.1 Å². The van der Waals surface area contributed by atoms with Crippen LogP contribution in [0.2, 0.25) is 0 Å². The van der Waals surface area contributed by atoms with E-state index in [1.807, 2.05) is 32.0 Å². The zero-order valence-corrected chi connectivity index (χ0v) is 20.1. The smallest absolute Gasteiger partial charge is 0.416 e. The molecule has 0 unspecified atom stereocenters. The second kappa shape index (κ2) is 9.60. The van der Waals surface area contributed by atoms with Crippen LogP contribution in [0.5, 0.6) is 5.75 Å². The first kappa shape index (κ1) is 25.2. The Balaban J connectivity index is 1.54. The van der Waals surface area contributed by atoms with Gasteiger partial charge in [0.15, 0.2) is 5.78 Å². The number of hydrogen-bond acceptors (Lipinski definition) is 4. The highest BCUT2D eigenvalue weighted by Crippen LogP contribution is 2.32. The first-order chi connectivity index (χ1) is 16.9. The van der Waals surface area contributed by atoms with Gasteiger partial charge in [-0.15, -0.1) is 0 Å². The van der Waals surface area contributed by atoms with Crippen molar-refractivity contribution in [2.75, 3.05) is 12.4 Å². The number of nitrogens with zero attached hydrogens (tertiary/aromatic N) is 1. The van der Waals surface area contributed by atoms with Crippen LogP contribution >= 0.6 is 0 Å². The van der Waals surface area contributed by atoms with Crippen molar-refractivity contribution >= 4 is 23.1 Å². The van der Waals surface area contributed by atoms with Gasteiger partial charge >= 0.3 is 6.18 Å². The number of alkyl halides is 3. The maximum atomic E-state index is 13.2. The maximum absolute atomic E-state index is 13.2. The van der Waals surface area contributed by atoms with E-state index in [2.05, 4.69) is 5.32 Å². The van der Waals surface area contributed by atoms with Gasteiger partial charge in [0.25, 0.3) is 5.91 Å². The molecule has 0 fully saturated rings. The number of anilines is 1. The van der Waals surface area contributed by atoms with Gasteiger partial charge in [-0.3, -0.25) is 14.6 Å². The highest BCUT2D eigenvalue weighted by molar-refractivity contribution is 6.17. The topological polar surface area (TPSA) is 67.8 Å². The molecule has 1 N–H and O–H groups in total. The van der Waals surface area contributed by atoms with Crippen molar-refractivity contribution in [1.82, 2.24) is 0 Å². The van der Waals surface area contributed by atoms with Gasteiger partial charge in [0, 0.05) is 22.4 Å². The Kier molecular flexibility index (Phi) is 6.71. The molecule has 1 amide bonds. The number of benzene rings is 3. The van der Waals surface area contributed by atoms with Crippen LogP contribution in [0.3, 0.4) is 0 Å². The van der Waals surface area contributed by atoms with Gasteiger partial charge in [-0.2, -0.15) is 13.2 Å². The molecular formula is C28H25F3N2O3. The van der Waals surface area contributed by atoms with E-state index in [0.717, 1.165) is 29.7 Å². The summed E-state index contributed by atoms with van der Waals surface area (Å²) in [6.45, 7) is 4.02. The molecule has 0 aliphatic carbocycles. The summed E-state index contributed by atoms with van der Waals surface area (Å²) < 4.78 is 44.3. The summed E-state index contributed by atoms with van der Waals surface area (Å²) in [4.78, 5) is 30.6. The zero-order valence-electron chi connectivity index (χ0n) is 20.1. The molecule has 36 heavy (non-hydrogen) atoms. The summed E-state index contributed by atoms with van der Waals surface area (Å²) in [6.07, 6.45) is -3.77. The monoisotopic (exact) mass is 494 g/mol. The number of ketones is 1. The molecule has 3 aromatic carbocycles. The van der Waals surface area contributed by atoms with Crippen LogP contribution in [0.25, 0.3) is 0 Å². The Morgan fingerprint density at radius 2 is 1.72 bits per heavy atom. The Morgan fingerprint density at radius 1 is 1.00 bits per heavy atom. The number of amides is 1. The number of fused-ring (bicyclic) bond motifs is 1. The van der Waals surface area contributed by atoms with E-state index in [4.69, 9.17) is 9.73 Å². The van der Waals surface area contributed by atoms with E-state index in [0.29, 0.717) is 22.7 Å². The van der Waals surface area contributed by atoms with Gasteiger partial charge in [-0.25, -0.2) is 0 Å². The van der Waals surface area contributed by atoms with Gasteiger partial charge in [-0.1, -0.05) is 24.3 Å². The third-order valence-electron chi connectivity index (χ3n) is 5.91. The molecule has 0 saturated heterocycles. The van der Waals surface area contributed by atoms with Crippen LogP contribution in [0, 0.1) is 0 Å². The average Bonchev–Trinajstić information content (AvgIpc) is 2.83. The van der Waals surface area contributed by atoms with Crippen LogP contribution in [0.4, 0.5) is 18.9 Å². The highest BCUT2D eigenvalue weighted by atomic mass is 19.4. The fraction of sp³-hybridized carbons (Fsp3) is 0.250. The summed E-state index contributed by atoms with van der Waals surface area (Å²) in [6, 6.07) is 16.2. The lowest BCUT2D eigenvalue weighted by atomic mass is 9.85. The van der Waals surface area contributed by atoms with Gasteiger partial charge in [0.1, 0.15) is 5.75 Å². The highest BCUT2D eigenvalue weighted by Gasteiger charge is 2.31. The second-order valence-corrected chi connectivity index (χ2v) is 9.28. The quantitative estimate of drug-likeness (QED) is 0.405. The SMILES string of the molecule is COc1ccc2c(c1)C(CC(=O)c1cccc(NC(=O)c3cccc(C(F)(F)F)c3)c1)=NC(C)(C)C2. The first-order valence-corrected chi connectivity index (χ1v) is 11.3. The van der Waals surface area contributed by atoms with Gasteiger partial charge < -0.3 is 10.1 Å². The van der Waals surface area contributed by atoms with Crippen molar-refractivity contribution in [3.63, 3.8) is 0 Å². The minimum Gasteiger partial charge on any atom is -0.497 e. The second-order valence-electron chi connectivity index (χ2n) is 9.28. The molecule has 1 aliphatic rings. The number of rotatable bonds is 6. The molecule has 8 heteroatoms. The molecule has 1 heterocycles. The minimum atomic E-state index is -4.55. The first-order valence-electron chi connectivity index (χ1n) is 11.3. The summed E-state index contributed by atoms with van der Waals surface area (Å²) >= 11 is 0. The van der Waals surface area contributed by atoms with Crippen molar-refractivity contribution in [3.05, 3.63) is 94.5 Å². The van der Waals surface area contributed by atoms with Crippen molar-refractivity contribution < 1.29 is 27.5 Å². The van der Waals surface area contributed by atoms with E-state index in [-0.39, 0.29) is 23.3 Å². The van der Waals surface area contributed by atoms with Gasteiger partial charge in [-0.05, 0) is 68.3 Å². The Hall–Kier alpha value is -3.94. The fourth-order valence-electron chi connectivity index (χ4n) is 4.24.